The Balaban J connectivity index is 1.93. The van der Waals surface area contributed by atoms with Crippen molar-refractivity contribution < 1.29 is 9.15 Å². The molecule has 2 atom stereocenters. The van der Waals surface area contributed by atoms with Crippen molar-refractivity contribution in [1.82, 2.24) is 10.3 Å². The van der Waals surface area contributed by atoms with E-state index in [0.717, 1.165) is 38.4 Å². The second-order valence-corrected chi connectivity index (χ2v) is 4.36. The van der Waals surface area contributed by atoms with Gasteiger partial charge in [-0.2, -0.15) is 0 Å². The lowest BCUT2D eigenvalue weighted by atomic mass is 10.0. The van der Waals surface area contributed by atoms with E-state index in [1.165, 1.54) is 0 Å². The summed E-state index contributed by atoms with van der Waals surface area (Å²) >= 11 is 0. The van der Waals surface area contributed by atoms with Crippen LogP contribution in [0.5, 0.6) is 0 Å². The molecule has 0 aliphatic carbocycles. The van der Waals surface area contributed by atoms with Gasteiger partial charge >= 0.3 is 0 Å². The van der Waals surface area contributed by atoms with E-state index >= 15 is 0 Å². The van der Waals surface area contributed by atoms with Gasteiger partial charge in [-0.1, -0.05) is 6.92 Å². The van der Waals surface area contributed by atoms with Crippen LogP contribution >= 0.6 is 0 Å². The fraction of sp³-hybridized carbons (Fsp3) is 0.667. The number of hydrazine groups is 1. The van der Waals surface area contributed by atoms with Gasteiger partial charge in [0.25, 0.3) is 0 Å². The topological polar surface area (TPSA) is 63.7 Å². The summed E-state index contributed by atoms with van der Waals surface area (Å²) in [7, 11) is 0. The Kier molecular flexibility index (Phi) is 4.56. The smallest absolute Gasteiger partial charge is 0.105 e. The van der Waals surface area contributed by atoms with Gasteiger partial charge in [-0.05, 0) is 18.7 Å². The average Bonchev–Trinajstić information content (AvgIpc) is 2.89. The maximum absolute atomic E-state index is 5.79. The zero-order valence-electron chi connectivity index (χ0n) is 10.3. The summed E-state index contributed by atoms with van der Waals surface area (Å²) in [6, 6.07) is 3.95. The van der Waals surface area contributed by atoms with E-state index in [1.807, 2.05) is 12.1 Å². The molecule has 1 aliphatic heterocycles. The van der Waals surface area contributed by atoms with E-state index < -0.39 is 0 Å². The van der Waals surface area contributed by atoms with Crippen LogP contribution in [0.1, 0.15) is 12.7 Å². The third-order valence-corrected chi connectivity index (χ3v) is 3.29. The highest BCUT2D eigenvalue weighted by atomic mass is 16.5. The number of hydrogen-bond acceptors (Lipinski definition) is 5. The van der Waals surface area contributed by atoms with Gasteiger partial charge in [0.15, 0.2) is 0 Å². The summed E-state index contributed by atoms with van der Waals surface area (Å²) in [6.45, 7) is 5.92. The summed E-state index contributed by atoms with van der Waals surface area (Å²) in [6.07, 6.45) is 2.56. The molecule has 1 saturated heterocycles. The number of furan rings is 1. The Morgan fingerprint density at radius 3 is 3.18 bits per heavy atom. The average molecular weight is 239 g/mol. The maximum Gasteiger partial charge on any atom is 0.105 e. The normalized spacial score (nSPS) is 23.8. The highest BCUT2D eigenvalue weighted by Gasteiger charge is 2.27. The Labute approximate surface area is 102 Å². The summed E-state index contributed by atoms with van der Waals surface area (Å²) in [5.74, 6) is 6.55. The Morgan fingerprint density at radius 2 is 2.53 bits per heavy atom. The molecule has 0 radical (unpaired) electrons. The predicted octanol–water partition coefficient (Wildman–Crippen LogP) is 0.375. The number of nitrogens with one attached hydrogen (secondary N) is 1. The van der Waals surface area contributed by atoms with Crippen LogP contribution in [0.4, 0.5) is 0 Å². The summed E-state index contributed by atoms with van der Waals surface area (Å²) < 4.78 is 11.1. The van der Waals surface area contributed by atoms with Gasteiger partial charge in [-0.25, -0.2) is 0 Å². The number of nitrogens with two attached hydrogens (primary N) is 1. The molecule has 5 heteroatoms. The predicted molar refractivity (Wildman–Crippen MR) is 65.4 cm³/mol. The van der Waals surface area contributed by atoms with Crippen LogP contribution in [0, 0.1) is 0 Å². The van der Waals surface area contributed by atoms with Crippen molar-refractivity contribution in [2.75, 3.05) is 26.2 Å². The van der Waals surface area contributed by atoms with E-state index in [0.29, 0.717) is 0 Å². The second-order valence-electron chi connectivity index (χ2n) is 4.36. The van der Waals surface area contributed by atoms with Crippen molar-refractivity contribution in [2.24, 2.45) is 5.84 Å². The molecule has 0 amide bonds. The molecule has 0 spiro atoms. The van der Waals surface area contributed by atoms with Crippen molar-refractivity contribution in [2.45, 2.75) is 25.5 Å². The minimum atomic E-state index is 0.0931. The molecule has 2 rings (SSSR count). The third kappa shape index (κ3) is 3.29. The van der Waals surface area contributed by atoms with Gasteiger partial charge < -0.3 is 9.15 Å². The van der Waals surface area contributed by atoms with Gasteiger partial charge in [-0.3, -0.25) is 16.2 Å². The Hall–Kier alpha value is -0.880. The Morgan fingerprint density at radius 1 is 1.65 bits per heavy atom. The first-order valence-electron chi connectivity index (χ1n) is 6.16. The number of rotatable bonds is 5. The molecule has 2 heterocycles. The van der Waals surface area contributed by atoms with Crippen molar-refractivity contribution in [1.29, 1.82) is 0 Å². The molecule has 5 nitrogen and oxygen atoms in total. The van der Waals surface area contributed by atoms with E-state index in [4.69, 9.17) is 15.0 Å². The molecule has 0 bridgehead atoms. The first kappa shape index (κ1) is 12.6. The van der Waals surface area contributed by atoms with Crippen LogP contribution in [-0.2, 0) is 11.2 Å². The molecule has 0 aromatic carbocycles. The lowest BCUT2D eigenvalue weighted by Crippen LogP contribution is -2.54. The van der Waals surface area contributed by atoms with Crippen LogP contribution in [0.15, 0.2) is 22.8 Å². The van der Waals surface area contributed by atoms with Crippen LogP contribution in [0.3, 0.4) is 0 Å². The molecule has 1 aromatic rings. The van der Waals surface area contributed by atoms with Crippen molar-refractivity contribution >= 4 is 0 Å². The number of morpholine rings is 1. The lowest BCUT2D eigenvalue weighted by Gasteiger charge is -2.36. The lowest BCUT2D eigenvalue weighted by molar-refractivity contribution is -0.0454. The maximum atomic E-state index is 5.79. The first-order valence-corrected chi connectivity index (χ1v) is 6.16. The van der Waals surface area contributed by atoms with Gasteiger partial charge in [0.2, 0.25) is 0 Å². The first-order chi connectivity index (χ1) is 8.33. The van der Waals surface area contributed by atoms with E-state index in [2.05, 4.69) is 17.2 Å². The zero-order valence-corrected chi connectivity index (χ0v) is 10.3. The molecule has 1 fully saturated rings. The van der Waals surface area contributed by atoms with E-state index in [-0.39, 0.29) is 12.1 Å². The van der Waals surface area contributed by atoms with Crippen molar-refractivity contribution in [3.8, 4) is 0 Å². The number of ether oxygens (including phenoxy) is 1. The van der Waals surface area contributed by atoms with Crippen LogP contribution in [0.25, 0.3) is 0 Å². The molecule has 1 aliphatic rings. The van der Waals surface area contributed by atoms with Crippen LogP contribution < -0.4 is 11.3 Å². The largest absolute Gasteiger partial charge is 0.469 e. The molecule has 17 heavy (non-hydrogen) atoms. The molecule has 3 N–H and O–H groups in total. The molecular formula is C12H21N3O2. The van der Waals surface area contributed by atoms with Gasteiger partial charge in [-0.15, -0.1) is 0 Å². The summed E-state index contributed by atoms with van der Waals surface area (Å²) in [5.41, 5.74) is 2.84. The third-order valence-electron chi connectivity index (χ3n) is 3.29. The standard InChI is InChI=1S/C12H21N3O2/c1-2-15-5-7-17-12(9-15)11(14-13)8-10-4-3-6-16-10/h3-4,6,11-12,14H,2,5,7-9,13H2,1H3. The van der Waals surface area contributed by atoms with Gasteiger partial charge in [0.05, 0.1) is 25.0 Å². The zero-order chi connectivity index (χ0) is 12.1. The number of likely N-dealkylation sites (N-methyl/N-ethyl adjacent to an activating group) is 1. The van der Waals surface area contributed by atoms with Crippen LogP contribution in [0.2, 0.25) is 0 Å². The quantitative estimate of drug-likeness (QED) is 0.574. The van der Waals surface area contributed by atoms with Crippen molar-refractivity contribution in [3.05, 3.63) is 24.2 Å². The molecular weight excluding hydrogens is 218 g/mol. The molecule has 96 valence electrons. The summed E-state index contributed by atoms with van der Waals surface area (Å²) in [4.78, 5) is 2.38. The van der Waals surface area contributed by atoms with E-state index in [9.17, 15) is 0 Å². The molecule has 0 saturated carbocycles. The second kappa shape index (κ2) is 6.16. The van der Waals surface area contributed by atoms with Gasteiger partial charge in [0.1, 0.15) is 5.76 Å². The molecule has 2 unspecified atom stereocenters. The SMILES string of the molecule is CCN1CCOC(C(Cc2ccco2)NN)C1. The molecule has 1 aromatic heterocycles. The number of nitrogens with zero attached hydrogens (tertiary/aromatic N) is 1. The monoisotopic (exact) mass is 239 g/mol. The Bertz CT molecular complexity index is 316. The highest BCUT2D eigenvalue weighted by Crippen LogP contribution is 2.13. The minimum Gasteiger partial charge on any atom is -0.469 e. The minimum absolute atomic E-state index is 0.0931. The summed E-state index contributed by atoms with van der Waals surface area (Å²) in [5, 5.41) is 0. The van der Waals surface area contributed by atoms with Gasteiger partial charge in [0, 0.05) is 19.5 Å². The number of hydrogen-bond donors (Lipinski definition) is 2. The van der Waals surface area contributed by atoms with E-state index in [1.54, 1.807) is 6.26 Å². The van der Waals surface area contributed by atoms with Crippen LogP contribution in [-0.4, -0.2) is 43.3 Å². The van der Waals surface area contributed by atoms with Crippen molar-refractivity contribution in [3.63, 3.8) is 0 Å². The fourth-order valence-corrected chi connectivity index (χ4v) is 2.21. The fourth-order valence-electron chi connectivity index (χ4n) is 2.21. The highest BCUT2D eigenvalue weighted by molar-refractivity contribution is 5.02.